The van der Waals surface area contributed by atoms with Crippen molar-refractivity contribution in [1.82, 2.24) is 14.0 Å². The lowest BCUT2D eigenvalue weighted by molar-refractivity contribution is 0.0470. The summed E-state index contributed by atoms with van der Waals surface area (Å²) in [5.41, 5.74) is 3.31. The molecule has 5 rings (SSSR count). The highest BCUT2D eigenvalue weighted by Crippen LogP contribution is 2.23. The molecule has 0 aliphatic rings. The van der Waals surface area contributed by atoms with Gasteiger partial charge in [0.25, 0.3) is 5.56 Å². The molecule has 152 valence electrons. The molecule has 0 unspecified atom stereocenters. The molecule has 0 fully saturated rings. The van der Waals surface area contributed by atoms with Gasteiger partial charge in [-0.1, -0.05) is 54.6 Å². The topological polar surface area (TPSA) is 65.6 Å². The molecule has 3 heterocycles. The van der Waals surface area contributed by atoms with Gasteiger partial charge in [-0.25, -0.2) is 9.78 Å². The number of benzene rings is 2. The minimum absolute atomic E-state index is 0.0718. The number of pyridine rings is 1. The van der Waals surface area contributed by atoms with Crippen LogP contribution in [0.1, 0.15) is 21.6 Å². The number of esters is 1. The van der Waals surface area contributed by atoms with Gasteiger partial charge in [-0.15, -0.1) is 0 Å². The van der Waals surface area contributed by atoms with Gasteiger partial charge in [0, 0.05) is 35.9 Å². The molecule has 0 amide bonds. The van der Waals surface area contributed by atoms with Crippen LogP contribution in [-0.2, 0) is 17.9 Å². The number of hydrogen-bond acceptors (Lipinski definition) is 4. The quantitative estimate of drug-likeness (QED) is 0.411. The Labute approximate surface area is 178 Å². The van der Waals surface area contributed by atoms with Crippen molar-refractivity contribution >= 4 is 22.5 Å². The van der Waals surface area contributed by atoms with E-state index in [0.717, 1.165) is 16.5 Å². The number of nitrogens with zero attached hydrogens (tertiary/aromatic N) is 3. The normalized spacial score (nSPS) is 11.1. The van der Waals surface area contributed by atoms with Crippen molar-refractivity contribution in [2.75, 3.05) is 0 Å². The van der Waals surface area contributed by atoms with Crippen LogP contribution in [0.2, 0.25) is 0 Å². The highest BCUT2D eigenvalue weighted by Gasteiger charge is 2.17. The summed E-state index contributed by atoms with van der Waals surface area (Å²) in [6, 6.07) is 24.5. The van der Waals surface area contributed by atoms with Gasteiger partial charge in [-0.3, -0.25) is 9.20 Å². The van der Waals surface area contributed by atoms with Crippen molar-refractivity contribution in [2.24, 2.45) is 0 Å². The van der Waals surface area contributed by atoms with Crippen LogP contribution in [0.4, 0.5) is 0 Å². The number of para-hydroxylation sites is 1. The third kappa shape index (κ3) is 3.71. The highest BCUT2D eigenvalue weighted by molar-refractivity contribution is 6.04. The van der Waals surface area contributed by atoms with Gasteiger partial charge in [-0.05, 0) is 23.8 Å². The smallest absolute Gasteiger partial charge is 0.340 e. The molecule has 6 nitrogen and oxygen atoms in total. The van der Waals surface area contributed by atoms with Crippen LogP contribution in [0.5, 0.6) is 0 Å². The summed E-state index contributed by atoms with van der Waals surface area (Å²) in [5.74, 6) is -0.446. The maximum Gasteiger partial charge on any atom is 0.340 e. The van der Waals surface area contributed by atoms with Gasteiger partial charge in [0.1, 0.15) is 12.3 Å². The minimum atomic E-state index is -0.446. The summed E-state index contributed by atoms with van der Waals surface area (Å²) in [4.78, 5) is 29.6. The lowest BCUT2D eigenvalue weighted by Gasteiger charge is -2.05. The maximum atomic E-state index is 12.9. The number of ether oxygens (including phenoxy) is 1. The number of carbonyl (C=O) groups is 1. The van der Waals surface area contributed by atoms with Crippen molar-refractivity contribution in [3.05, 3.63) is 118 Å². The summed E-state index contributed by atoms with van der Waals surface area (Å²) in [5, 5.41) is 0.829. The van der Waals surface area contributed by atoms with E-state index in [-0.39, 0.29) is 12.2 Å². The molecule has 0 aliphatic carbocycles. The monoisotopic (exact) mass is 409 g/mol. The number of aromatic nitrogens is 3. The van der Waals surface area contributed by atoms with Gasteiger partial charge >= 0.3 is 5.97 Å². The Morgan fingerprint density at radius 2 is 1.71 bits per heavy atom. The molecule has 2 aromatic carbocycles. The second-order valence-corrected chi connectivity index (χ2v) is 7.26. The predicted molar refractivity (Wildman–Crippen MR) is 118 cm³/mol. The molecule has 0 atom stereocenters. The number of hydrogen-bond donors (Lipinski definition) is 0. The first-order chi connectivity index (χ1) is 15.2. The molecule has 0 radical (unpaired) electrons. The van der Waals surface area contributed by atoms with Gasteiger partial charge in [0.05, 0.1) is 11.3 Å². The van der Waals surface area contributed by atoms with Crippen molar-refractivity contribution < 1.29 is 9.53 Å². The fourth-order valence-electron chi connectivity index (χ4n) is 3.71. The minimum Gasteiger partial charge on any atom is -0.456 e. The summed E-state index contributed by atoms with van der Waals surface area (Å²) in [6.45, 7) is 0.579. The predicted octanol–water partition coefficient (Wildman–Crippen LogP) is 4.05. The molecule has 0 saturated heterocycles. The first-order valence-corrected chi connectivity index (χ1v) is 9.95. The summed E-state index contributed by atoms with van der Waals surface area (Å²) >= 11 is 0. The maximum absolute atomic E-state index is 12.9. The van der Waals surface area contributed by atoms with Gasteiger partial charge in [0.2, 0.25) is 0 Å². The Bertz CT molecular complexity index is 1450. The average molecular weight is 409 g/mol. The Morgan fingerprint density at radius 1 is 0.935 bits per heavy atom. The Kier molecular flexibility index (Phi) is 4.80. The average Bonchev–Trinajstić information content (AvgIpc) is 3.17. The van der Waals surface area contributed by atoms with Crippen LogP contribution >= 0.6 is 0 Å². The zero-order chi connectivity index (χ0) is 21.2. The van der Waals surface area contributed by atoms with Gasteiger partial charge in [0.15, 0.2) is 0 Å². The molecule has 0 spiro atoms. The summed E-state index contributed by atoms with van der Waals surface area (Å²) in [6.07, 6.45) is 3.48. The third-order valence-corrected chi connectivity index (χ3v) is 5.18. The molecule has 5 aromatic rings. The standard InChI is InChI=1S/C25H19N3O3/c29-24-14-19(26-23-12-6-7-13-28(23)24)17-31-25(30)21-16-27(15-18-8-2-1-3-9-18)22-11-5-4-10-20(21)22/h1-14,16H,15,17H2. The van der Waals surface area contributed by atoms with Crippen molar-refractivity contribution in [3.63, 3.8) is 0 Å². The zero-order valence-electron chi connectivity index (χ0n) is 16.6. The Morgan fingerprint density at radius 3 is 2.58 bits per heavy atom. The highest BCUT2D eigenvalue weighted by atomic mass is 16.5. The molecule has 0 aliphatic heterocycles. The fourth-order valence-corrected chi connectivity index (χ4v) is 3.71. The van der Waals surface area contributed by atoms with Crippen molar-refractivity contribution in [1.29, 1.82) is 0 Å². The molecule has 31 heavy (non-hydrogen) atoms. The van der Waals surface area contributed by atoms with E-state index in [4.69, 9.17) is 4.74 Å². The van der Waals surface area contributed by atoms with Gasteiger partial charge in [-0.2, -0.15) is 0 Å². The summed E-state index contributed by atoms with van der Waals surface area (Å²) in [7, 11) is 0. The molecule has 6 heteroatoms. The van der Waals surface area contributed by atoms with Crippen LogP contribution in [0, 0.1) is 0 Å². The van der Waals surface area contributed by atoms with E-state index in [1.54, 1.807) is 24.4 Å². The van der Waals surface area contributed by atoms with Gasteiger partial charge < -0.3 is 9.30 Å². The molecule has 0 N–H and O–H groups in total. The number of fused-ring (bicyclic) bond motifs is 2. The van der Waals surface area contributed by atoms with Crippen molar-refractivity contribution in [3.8, 4) is 0 Å². The first kappa shape index (κ1) is 18.8. The van der Waals surface area contributed by atoms with Crippen LogP contribution < -0.4 is 5.56 Å². The Hall–Kier alpha value is -4.19. The van der Waals surface area contributed by atoms with E-state index in [1.165, 1.54) is 10.5 Å². The molecular formula is C25H19N3O3. The molecule has 3 aromatic heterocycles. The summed E-state index contributed by atoms with van der Waals surface area (Å²) < 4.78 is 9.02. The van der Waals surface area contributed by atoms with E-state index in [0.29, 0.717) is 23.4 Å². The molecule has 0 bridgehead atoms. The van der Waals surface area contributed by atoms with E-state index in [1.807, 2.05) is 53.2 Å². The molecule has 0 saturated carbocycles. The number of rotatable bonds is 5. The first-order valence-electron chi connectivity index (χ1n) is 9.95. The van der Waals surface area contributed by atoms with E-state index in [2.05, 4.69) is 17.1 Å². The SMILES string of the molecule is O=C(OCc1cc(=O)n2ccccc2n1)c1cn(Cc2ccccc2)c2ccccc12. The van der Waals surface area contributed by atoms with Crippen LogP contribution in [0.3, 0.4) is 0 Å². The van der Waals surface area contributed by atoms with Crippen molar-refractivity contribution in [2.45, 2.75) is 13.2 Å². The lowest BCUT2D eigenvalue weighted by atomic mass is 10.2. The Balaban J connectivity index is 1.42. The second kappa shape index (κ2) is 7.91. The molecular weight excluding hydrogens is 390 g/mol. The zero-order valence-corrected chi connectivity index (χ0v) is 16.6. The fraction of sp³-hybridized carbons (Fsp3) is 0.0800. The van der Waals surface area contributed by atoms with E-state index in [9.17, 15) is 9.59 Å². The van der Waals surface area contributed by atoms with E-state index < -0.39 is 5.97 Å². The number of carbonyl (C=O) groups excluding carboxylic acids is 1. The van der Waals surface area contributed by atoms with Crippen LogP contribution in [0.15, 0.2) is 96.1 Å². The van der Waals surface area contributed by atoms with E-state index >= 15 is 0 Å². The van der Waals surface area contributed by atoms with Crippen LogP contribution in [-0.4, -0.2) is 19.9 Å². The third-order valence-electron chi connectivity index (χ3n) is 5.18. The lowest BCUT2D eigenvalue weighted by Crippen LogP contribution is -2.16. The second-order valence-electron chi connectivity index (χ2n) is 7.26. The van der Waals surface area contributed by atoms with Crippen LogP contribution in [0.25, 0.3) is 16.6 Å². The largest absolute Gasteiger partial charge is 0.456 e.